The van der Waals surface area contributed by atoms with Gasteiger partial charge in [0.15, 0.2) is 0 Å². The van der Waals surface area contributed by atoms with Crippen molar-refractivity contribution >= 4 is 29.1 Å². The molecule has 2 N–H and O–H groups in total. The zero-order valence-electron chi connectivity index (χ0n) is 24.2. The highest BCUT2D eigenvalue weighted by Crippen LogP contribution is 2.36. The van der Waals surface area contributed by atoms with Crippen LogP contribution >= 0.6 is 11.6 Å². The summed E-state index contributed by atoms with van der Waals surface area (Å²) in [7, 11) is 0. The van der Waals surface area contributed by atoms with Crippen LogP contribution in [0.25, 0.3) is 16.9 Å². The van der Waals surface area contributed by atoms with Crippen LogP contribution < -0.4 is 5.32 Å². The van der Waals surface area contributed by atoms with Gasteiger partial charge in [0.2, 0.25) is 0 Å². The van der Waals surface area contributed by atoms with E-state index in [0.717, 1.165) is 17.7 Å². The molecule has 5 aromatic rings. The van der Waals surface area contributed by atoms with Crippen molar-refractivity contribution in [2.24, 2.45) is 0 Å². The molecule has 0 spiro atoms. The van der Waals surface area contributed by atoms with Gasteiger partial charge in [-0.2, -0.15) is 5.10 Å². The number of nitrogens with zero attached hydrogens (tertiary/aromatic N) is 4. The zero-order chi connectivity index (χ0) is 30.2. The summed E-state index contributed by atoms with van der Waals surface area (Å²) >= 11 is 6.57. The number of carbonyl (C=O) groups is 2. The van der Waals surface area contributed by atoms with Crippen LogP contribution in [-0.4, -0.2) is 42.2 Å². The van der Waals surface area contributed by atoms with Crippen LogP contribution in [0.3, 0.4) is 0 Å². The number of fused-ring (bicyclic) bond motifs is 1. The van der Waals surface area contributed by atoms with E-state index >= 15 is 0 Å². The lowest BCUT2D eigenvalue weighted by atomic mass is 9.93. The first-order valence-electron chi connectivity index (χ1n) is 14.2. The van der Waals surface area contributed by atoms with Crippen molar-refractivity contribution in [3.8, 4) is 22.7 Å². The molecule has 3 heterocycles. The largest absolute Gasteiger partial charge is 0.508 e. The summed E-state index contributed by atoms with van der Waals surface area (Å²) in [4.78, 5) is 30.0. The van der Waals surface area contributed by atoms with Crippen molar-refractivity contribution in [3.63, 3.8) is 0 Å². The van der Waals surface area contributed by atoms with E-state index < -0.39 is 0 Å². The van der Waals surface area contributed by atoms with E-state index in [2.05, 4.69) is 29.5 Å². The molecule has 0 saturated heterocycles. The molecule has 6 rings (SSSR count). The van der Waals surface area contributed by atoms with Crippen molar-refractivity contribution in [3.05, 3.63) is 119 Å². The molecule has 1 aliphatic rings. The molecular weight excluding hydrogens is 562 g/mol. The number of nitrogens with one attached hydrogen (secondary N) is 1. The van der Waals surface area contributed by atoms with E-state index in [1.807, 2.05) is 46.3 Å². The summed E-state index contributed by atoms with van der Waals surface area (Å²) in [6, 6.07) is 21.5. The Morgan fingerprint density at radius 2 is 1.74 bits per heavy atom. The monoisotopic (exact) mass is 593 g/mol. The molecule has 2 aromatic heterocycles. The minimum atomic E-state index is -0.366. The quantitative estimate of drug-likeness (QED) is 0.205. The number of hydrogen-bond donors (Lipinski definition) is 2. The SMILES string of the molecule is CC(C)n1cc(-n2ccc(C(=O)Nc3ccc(O)cc3)c2-c2cc(Cl)ccc2C(=O)N2Cc3ccccc3C[C@H]2C)cn1. The van der Waals surface area contributed by atoms with E-state index in [9.17, 15) is 14.7 Å². The number of carbonyl (C=O) groups excluding carboxylic acids is 2. The Labute approximate surface area is 255 Å². The molecule has 3 aromatic carbocycles. The van der Waals surface area contributed by atoms with Gasteiger partial charge >= 0.3 is 0 Å². The number of hydrogen-bond acceptors (Lipinski definition) is 4. The topological polar surface area (TPSA) is 92.4 Å². The molecule has 0 fully saturated rings. The molecule has 1 aliphatic heterocycles. The Kier molecular flexibility index (Phi) is 7.54. The highest BCUT2D eigenvalue weighted by molar-refractivity contribution is 6.31. The van der Waals surface area contributed by atoms with Crippen molar-refractivity contribution in [1.29, 1.82) is 0 Å². The highest BCUT2D eigenvalue weighted by atomic mass is 35.5. The van der Waals surface area contributed by atoms with E-state index in [0.29, 0.717) is 39.6 Å². The highest BCUT2D eigenvalue weighted by Gasteiger charge is 2.31. The Balaban J connectivity index is 1.47. The van der Waals surface area contributed by atoms with Crippen LogP contribution in [0.4, 0.5) is 5.69 Å². The lowest BCUT2D eigenvalue weighted by Gasteiger charge is -2.35. The maximum Gasteiger partial charge on any atom is 0.257 e. The molecule has 43 heavy (non-hydrogen) atoms. The Bertz CT molecular complexity index is 1820. The van der Waals surface area contributed by atoms with Crippen molar-refractivity contribution in [2.75, 3.05) is 5.32 Å². The van der Waals surface area contributed by atoms with E-state index in [-0.39, 0.29) is 29.6 Å². The molecule has 9 heteroatoms. The molecule has 0 bridgehead atoms. The van der Waals surface area contributed by atoms with Crippen LogP contribution in [0.15, 0.2) is 91.4 Å². The second-order valence-corrected chi connectivity index (χ2v) is 11.6. The van der Waals surface area contributed by atoms with Crippen LogP contribution in [0.5, 0.6) is 5.75 Å². The van der Waals surface area contributed by atoms with Crippen LogP contribution in [0, 0.1) is 0 Å². The second-order valence-electron chi connectivity index (χ2n) is 11.2. The number of benzene rings is 3. The second kappa shape index (κ2) is 11.5. The van der Waals surface area contributed by atoms with Gasteiger partial charge in [-0.15, -0.1) is 0 Å². The summed E-state index contributed by atoms with van der Waals surface area (Å²) < 4.78 is 3.71. The van der Waals surface area contributed by atoms with Crippen LogP contribution in [0.2, 0.25) is 5.02 Å². The molecule has 0 unspecified atom stereocenters. The maximum absolute atomic E-state index is 14.3. The molecule has 0 aliphatic carbocycles. The average molecular weight is 594 g/mol. The summed E-state index contributed by atoms with van der Waals surface area (Å²) in [6.45, 7) is 6.63. The Morgan fingerprint density at radius 3 is 2.47 bits per heavy atom. The zero-order valence-corrected chi connectivity index (χ0v) is 24.9. The van der Waals surface area contributed by atoms with Gasteiger partial charge in [-0.05, 0) is 86.8 Å². The number of phenols is 1. The van der Waals surface area contributed by atoms with E-state index in [1.54, 1.807) is 48.8 Å². The predicted octanol–water partition coefficient (Wildman–Crippen LogP) is 7.12. The van der Waals surface area contributed by atoms with Gasteiger partial charge in [0, 0.05) is 52.9 Å². The predicted molar refractivity (Wildman–Crippen MR) is 168 cm³/mol. The third-order valence-electron chi connectivity index (χ3n) is 7.89. The molecule has 0 saturated carbocycles. The fourth-order valence-electron chi connectivity index (χ4n) is 5.59. The summed E-state index contributed by atoms with van der Waals surface area (Å²) in [6.07, 6.45) is 6.21. The van der Waals surface area contributed by atoms with Gasteiger partial charge in [0.1, 0.15) is 5.75 Å². The van der Waals surface area contributed by atoms with E-state index in [1.165, 1.54) is 17.7 Å². The van der Waals surface area contributed by atoms with Gasteiger partial charge in [-0.3, -0.25) is 14.3 Å². The lowest BCUT2D eigenvalue weighted by molar-refractivity contribution is 0.0659. The number of rotatable bonds is 6. The smallest absolute Gasteiger partial charge is 0.257 e. The minimum absolute atomic E-state index is 0.0146. The van der Waals surface area contributed by atoms with E-state index in [4.69, 9.17) is 11.6 Å². The van der Waals surface area contributed by atoms with Crippen molar-refractivity contribution < 1.29 is 14.7 Å². The molecule has 1 atom stereocenters. The van der Waals surface area contributed by atoms with Crippen LogP contribution in [0.1, 0.15) is 58.7 Å². The normalized spacial score (nSPS) is 14.5. The molecule has 0 radical (unpaired) electrons. The number of phenolic OH excluding ortho intramolecular Hbond substituents is 1. The minimum Gasteiger partial charge on any atom is -0.508 e. The molecule has 8 nitrogen and oxygen atoms in total. The number of halogens is 1. The van der Waals surface area contributed by atoms with Gasteiger partial charge in [-0.25, -0.2) is 0 Å². The maximum atomic E-state index is 14.3. The lowest BCUT2D eigenvalue weighted by Crippen LogP contribution is -2.42. The van der Waals surface area contributed by atoms with Gasteiger partial charge in [-0.1, -0.05) is 35.9 Å². The first-order chi connectivity index (χ1) is 20.7. The third kappa shape index (κ3) is 5.53. The van der Waals surface area contributed by atoms with Gasteiger partial charge in [0.05, 0.1) is 23.1 Å². The molecular formula is C34H32ClN5O3. The fraction of sp³-hybridized carbons (Fsp3) is 0.206. The number of anilines is 1. The Morgan fingerprint density at radius 1 is 1.00 bits per heavy atom. The number of amides is 2. The number of aromatic nitrogens is 3. The summed E-state index contributed by atoms with van der Waals surface area (Å²) in [5.74, 6) is -0.401. The average Bonchev–Trinajstić information content (AvgIpc) is 3.66. The standard InChI is InChI=1S/C34H32ClN5O3/c1-21(2)40-20-27(18-36-40)38-15-14-30(33(42)37-26-9-11-28(41)12-10-26)32(38)31-17-25(35)8-13-29(31)34(43)39-19-24-7-5-4-6-23(24)16-22(39)3/h4-15,17-18,20-22,41H,16,19H2,1-3H3,(H,37,42)/t22-/m1/s1. The first-order valence-corrected chi connectivity index (χ1v) is 14.6. The molecule has 218 valence electrons. The van der Waals surface area contributed by atoms with Gasteiger partial charge < -0.3 is 19.9 Å². The Hall–Kier alpha value is -4.82. The number of aromatic hydroxyl groups is 1. The third-order valence-corrected chi connectivity index (χ3v) is 8.12. The van der Waals surface area contributed by atoms with Crippen molar-refractivity contribution in [2.45, 2.75) is 45.8 Å². The van der Waals surface area contributed by atoms with Crippen molar-refractivity contribution in [1.82, 2.24) is 19.2 Å². The fourth-order valence-corrected chi connectivity index (χ4v) is 5.76. The molecule has 2 amide bonds. The van der Waals surface area contributed by atoms with Crippen LogP contribution in [-0.2, 0) is 13.0 Å². The van der Waals surface area contributed by atoms with Gasteiger partial charge in [0.25, 0.3) is 11.8 Å². The summed E-state index contributed by atoms with van der Waals surface area (Å²) in [5, 5.41) is 17.6. The summed E-state index contributed by atoms with van der Waals surface area (Å²) in [5.41, 5.74) is 5.52. The first kappa shape index (κ1) is 28.3.